The first-order valence-corrected chi connectivity index (χ1v) is 7.24. The lowest BCUT2D eigenvalue weighted by molar-refractivity contribution is 0.0957. The van der Waals surface area contributed by atoms with Crippen LogP contribution >= 0.6 is 11.8 Å². The second-order valence-corrected chi connectivity index (χ2v) is 6.14. The van der Waals surface area contributed by atoms with E-state index in [-0.39, 0.29) is 5.54 Å². The van der Waals surface area contributed by atoms with Gasteiger partial charge in [-0.3, -0.25) is 4.90 Å². The SMILES string of the molecule is COCCCN(C)C1(CN)CCCSC1C. The monoisotopic (exact) mass is 246 g/mol. The van der Waals surface area contributed by atoms with Crippen LogP contribution in [0, 0.1) is 0 Å². The van der Waals surface area contributed by atoms with Gasteiger partial charge in [-0.2, -0.15) is 11.8 Å². The Balaban J connectivity index is 2.55. The highest BCUT2D eigenvalue weighted by Crippen LogP contribution is 2.37. The fourth-order valence-corrected chi connectivity index (χ4v) is 3.96. The van der Waals surface area contributed by atoms with Gasteiger partial charge >= 0.3 is 0 Å². The van der Waals surface area contributed by atoms with Crippen molar-refractivity contribution < 1.29 is 4.74 Å². The van der Waals surface area contributed by atoms with Gasteiger partial charge in [0.1, 0.15) is 0 Å². The first-order chi connectivity index (χ1) is 7.67. The van der Waals surface area contributed by atoms with Crippen LogP contribution in [0.25, 0.3) is 0 Å². The fourth-order valence-electron chi connectivity index (χ4n) is 2.59. The quantitative estimate of drug-likeness (QED) is 0.722. The molecule has 16 heavy (non-hydrogen) atoms. The highest BCUT2D eigenvalue weighted by molar-refractivity contribution is 8.00. The summed E-state index contributed by atoms with van der Waals surface area (Å²) in [7, 11) is 3.97. The summed E-state index contributed by atoms with van der Waals surface area (Å²) in [5, 5.41) is 0.638. The van der Waals surface area contributed by atoms with E-state index < -0.39 is 0 Å². The summed E-state index contributed by atoms with van der Waals surface area (Å²) in [6.07, 6.45) is 3.62. The third kappa shape index (κ3) is 3.13. The third-order valence-electron chi connectivity index (χ3n) is 3.83. The van der Waals surface area contributed by atoms with E-state index in [1.54, 1.807) is 7.11 Å². The normalized spacial score (nSPS) is 30.9. The molecule has 0 amide bonds. The summed E-state index contributed by atoms with van der Waals surface area (Å²) in [4.78, 5) is 2.46. The summed E-state index contributed by atoms with van der Waals surface area (Å²) in [5.41, 5.74) is 6.25. The van der Waals surface area contributed by atoms with Gasteiger partial charge in [-0.15, -0.1) is 0 Å². The van der Waals surface area contributed by atoms with Gasteiger partial charge in [-0.05, 0) is 32.1 Å². The number of hydrogen-bond donors (Lipinski definition) is 1. The first kappa shape index (κ1) is 14.3. The molecule has 0 aromatic heterocycles. The van der Waals surface area contributed by atoms with Crippen LogP contribution in [0.1, 0.15) is 26.2 Å². The van der Waals surface area contributed by atoms with Crippen molar-refractivity contribution in [3.63, 3.8) is 0 Å². The van der Waals surface area contributed by atoms with Gasteiger partial charge in [-0.25, -0.2) is 0 Å². The number of nitrogens with two attached hydrogens (primary N) is 1. The molecule has 0 aliphatic carbocycles. The molecule has 1 fully saturated rings. The Labute approximate surface area is 104 Å². The molecule has 2 atom stereocenters. The average molecular weight is 246 g/mol. The number of thioether (sulfide) groups is 1. The lowest BCUT2D eigenvalue weighted by Crippen LogP contribution is -2.59. The Hall–Kier alpha value is 0.230. The van der Waals surface area contributed by atoms with Crippen LogP contribution in [-0.2, 0) is 4.74 Å². The second-order valence-electron chi connectivity index (χ2n) is 4.69. The smallest absolute Gasteiger partial charge is 0.0474 e. The molecule has 0 saturated carbocycles. The number of methoxy groups -OCH3 is 1. The van der Waals surface area contributed by atoms with Crippen molar-refractivity contribution in [3.05, 3.63) is 0 Å². The molecule has 0 radical (unpaired) electrons. The molecule has 2 N–H and O–H groups in total. The lowest BCUT2D eigenvalue weighted by Gasteiger charge is -2.48. The maximum absolute atomic E-state index is 6.05. The topological polar surface area (TPSA) is 38.5 Å². The second kappa shape index (κ2) is 6.84. The molecule has 1 aliphatic rings. The Kier molecular flexibility index (Phi) is 6.11. The summed E-state index contributed by atoms with van der Waals surface area (Å²) < 4.78 is 5.11. The minimum absolute atomic E-state index is 0.205. The van der Waals surface area contributed by atoms with Crippen molar-refractivity contribution >= 4 is 11.8 Å². The van der Waals surface area contributed by atoms with Crippen molar-refractivity contribution in [2.75, 3.05) is 39.6 Å². The van der Waals surface area contributed by atoms with Crippen LogP contribution in [0.4, 0.5) is 0 Å². The van der Waals surface area contributed by atoms with E-state index in [4.69, 9.17) is 10.5 Å². The van der Waals surface area contributed by atoms with Crippen LogP contribution in [0.2, 0.25) is 0 Å². The maximum atomic E-state index is 6.05. The zero-order chi connectivity index (χ0) is 12.0. The molecule has 1 aliphatic heterocycles. The number of nitrogens with zero attached hydrogens (tertiary/aromatic N) is 1. The van der Waals surface area contributed by atoms with Gasteiger partial charge in [-0.1, -0.05) is 6.92 Å². The minimum Gasteiger partial charge on any atom is -0.385 e. The summed E-state index contributed by atoms with van der Waals surface area (Å²) in [6, 6.07) is 0. The van der Waals surface area contributed by atoms with E-state index in [9.17, 15) is 0 Å². The van der Waals surface area contributed by atoms with Crippen LogP contribution in [0.5, 0.6) is 0 Å². The van der Waals surface area contributed by atoms with Crippen LogP contribution < -0.4 is 5.73 Å². The Morgan fingerprint density at radius 1 is 1.56 bits per heavy atom. The van der Waals surface area contributed by atoms with Crippen LogP contribution in [-0.4, -0.2) is 55.3 Å². The average Bonchev–Trinajstić information content (AvgIpc) is 2.30. The van der Waals surface area contributed by atoms with Crippen molar-refractivity contribution in [2.45, 2.75) is 37.0 Å². The minimum atomic E-state index is 0.205. The van der Waals surface area contributed by atoms with E-state index in [1.165, 1.54) is 18.6 Å². The predicted molar refractivity (Wildman–Crippen MR) is 72.1 cm³/mol. The molecule has 1 heterocycles. The van der Waals surface area contributed by atoms with Gasteiger partial charge in [0.05, 0.1) is 0 Å². The van der Waals surface area contributed by atoms with Crippen LogP contribution in [0.3, 0.4) is 0 Å². The van der Waals surface area contributed by atoms with Crippen LogP contribution in [0.15, 0.2) is 0 Å². The van der Waals surface area contributed by atoms with E-state index in [0.717, 1.165) is 26.1 Å². The van der Waals surface area contributed by atoms with Gasteiger partial charge in [0.25, 0.3) is 0 Å². The Morgan fingerprint density at radius 3 is 2.88 bits per heavy atom. The number of likely N-dealkylation sites (N-methyl/N-ethyl adjacent to an activating group) is 1. The molecule has 0 aromatic rings. The molecule has 0 aromatic carbocycles. The molecule has 4 heteroatoms. The molecular weight excluding hydrogens is 220 g/mol. The lowest BCUT2D eigenvalue weighted by atomic mass is 9.87. The van der Waals surface area contributed by atoms with Gasteiger partial charge in [0.15, 0.2) is 0 Å². The molecule has 2 unspecified atom stereocenters. The zero-order valence-corrected chi connectivity index (χ0v) is 11.7. The zero-order valence-electron chi connectivity index (χ0n) is 10.9. The fraction of sp³-hybridized carbons (Fsp3) is 1.00. The van der Waals surface area contributed by atoms with Crippen molar-refractivity contribution in [1.29, 1.82) is 0 Å². The van der Waals surface area contributed by atoms with Gasteiger partial charge in [0.2, 0.25) is 0 Å². The summed E-state index contributed by atoms with van der Waals surface area (Å²) >= 11 is 2.06. The highest BCUT2D eigenvalue weighted by Gasteiger charge is 2.40. The van der Waals surface area contributed by atoms with E-state index in [1.807, 2.05) is 0 Å². The molecular formula is C12H26N2OS. The largest absolute Gasteiger partial charge is 0.385 e. The summed E-state index contributed by atoms with van der Waals surface area (Å²) in [6.45, 7) is 5.01. The standard InChI is InChI=1S/C12H26N2OS/c1-11-12(10-13,6-4-9-16-11)14(2)7-5-8-15-3/h11H,4-10,13H2,1-3H3. The van der Waals surface area contributed by atoms with E-state index in [0.29, 0.717) is 5.25 Å². The third-order valence-corrected chi connectivity index (χ3v) is 5.30. The number of ether oxygens (including phenoxy) is 1. The van der Waals surface area contributed by atoms with E-state index >= 15 is 0 Å². The molecule has 0 spiro atoms. The molecule has 96 valence electrons. The molecule has 1 rings (SSSR count). The molecule has 0 bridgehead atoms. The summed E-state index contributed by atoms with van der Waals surface area (Å²) in [5.74, 6) is 1.29. The molecule has 3 nitrogen and oxygen atoms in total. The first-order valence-electron chi connectivity index (χ1n) is 6.19. The predicted octanol–water partition coefficient (Wildman–Crippen LogP) is 1.57. The van der Waals surface area contributed by atoms with Gasteiger partial charge in [0, 0.05) is 37.6 Å². The van der Waals surface area contributed by atoms with E-state index in [2.05, 4.69) is 30.6 Å². The van der Waals surface area contributed by atoms with Crippen molar-refractivity contribution in [2.24, 2.45) is 5.73 Å². The maximum Gasteiger partial charge on any atom is 0.0474 e. The Morgan fingerprint density at radius 2 is 2.31 bits per heavy atom. The van der Waals surface area contributed by atoms with Crippen molar-refractivity contribution in [1.82, 2.24) is 4.90 Å². The number of hydrogen-bond acceptors (Lipinski definition) is 4. The Bertz CT molecular complexity index is 203. The molecule has 1 saturated heterocycles. The van der Waals surface area contributed by atoms with Crippen molar-refractivity contribution in [3.8, 4) is 0 Å². The number of rotatable bonds is 6. The van der Waals surface area contributed by atoms with Gasteiger partial charge < -0.3 is 10.5 Å². The highest BCUT2D eigenvalue weighted by atomic mass is 32.2.